The minimum absolute atomic E-state index is 0.0560. The van der Waals surface area contributed by atoms with Crippen molar-refractivity contribution in [3.63, 3.8) is 0 Å². The van der Waals surface area contributed by atoms with Crippen molar-refractivity contribution in [2.75, 3.05) is 0 Å². The summed E-state index contributed by atoms with van der Waals surface area (Å²) in [5.74, 6) is 0.998. The Morgan fingerprint density at radius 1 is 1.29 bits per heavy atom. The maximum Gasteiger partial charge on any atom is 0.109 e. The van der Waals surface area contributed by atoms with E-state index in [1.807, 2.05) is 12.3 Å². The Morgan fingerprint density at radius 2 is 2.12 bits per heavy atom. The zero-order chi connectivity index (χ0) is 11.7. The third-order valence-electron chi connectivity index (χ3n) is 3.70. The van der Waals surface area contributed by atoms with E-state index in [4.69, 9.17) is 5.73 Å². The van der Waals surface area contributed by atoms with Crippen LogP contribution in [0.25, 0.3) is 11.0 Å². The summed E-state index contributed by atoms with van der Waals surface area (Å²) >= 11 is 0. The maximum atomic E-state index is 6.44. The van der Waals surface area contributed by atoms with Gasteiger partial charge in [-0.2, -0.15) is 0 Å². The lowest BCUT2D eigenvalue weighted by atomic mass is 9.80. The minimum Gasteiger partial charge on any atom is -0.341 e. The minimum atomic E-state index is -0.0560. The second kappa shape index (κ2) is 4.11. The molecule has 0 aromatic carbocycles. The summed E-state index contributed by atoms with van der Waals surface area (Å²) in [4.78, 5) is 12.0. The zero-order valence-electron chi connectivity index (χ0n) is 9.95. The number of fused-ring (bicyclic) bond motifs is 1. The van der Waals surface area contributed by atoms with Crippen molar-refractivity contribution in [1.29, 1.82) is 0 Å². The molecule has 3 rings (SSSR count). The molecule has 1 saturated carbocycles. The Morgan fingerprint density at radius 3 is 2.88 bits per heavy atom. The fraction of sp³-hybridized carbons (Fsp3) is 0.538. The van der Waals surface area contributed by atoms with Crippen molar-refractivity contribution in [1.82, 2.24) is 15.0 Å². The van der Waals surface area contributed by atoms with Crippen LogP contribution in [0.1, 0.15) is 37.9 Å². The van der Waals surface area contributed by atoms with Crippen molar-refractivity contribution in [2.45, 2.75) is 44.1 Å². The van der Waals surface area contributed by atoms with Gasteiger partial charge in [-0.05, 0) is 18.9 Å². The molecular weight excluding hydrogens is 212 g/mol. The molecule has 0 aliphatic heterocycles. The van der Waals surface area contributed by atoms with Crippen LogP contribution in [0, 0.1) is 0 Å². The Hall–Kier alpha value is -1.42. The molecule has 1 aliphatic rings. The summed E-state index contributed by atoms with van der Waals surface area (Å²) in [6.45, 7) is 0. The standard InChI is InChI=1S/C13H18N4/c14-13(5-2-1-3-6-13)8-12-16-10-4-7-15-9-11(10)17-12/h4,7,9H,1-3,5-6,8,14H2,(H,16,17). The van der Waals surface area contributed by atoms with Crippen molar-refractivity contribution < 1.29 is 0 Å². The summed E-state index contributed by atoms with van der Waals surface area (Å²) in [5, 5.41) is 0. The number of rotatable bonds is 2. The molecule has 0 bridgehead atoms. The number of aromatic amines is 1. The highest BCUT2D eigenvalue weighted by molar-refractivity contribution is 5.73. The summed E-state index contributed by atoms with van der Waals surface area (Å²) in [5.41, 5.74) is 8.36. The summed E-state index contributed by atoms with van der Waals surface area (Å²) in [7, 11) is 0. The molecular formula is C13H18N4. The van der Waals surface area contributed by atoms with Gasteiger partial charge < -0.3 is 10.7 Å². The van der Waals surface area contributed by atoms with Gasteiger partial charge in [-0.3, -0.25) is 4.98 Å². The fourth-order valence-corrected chi connectivity index (χ4v) is 2.76. The average Bonchev–Trinajstić information content (AvgIpc) is 2.71. The molecule has 90 valence electrons. The Labute approximate surface area is 101 Å². The molecule has 2 aromatic rings. The van der Waals surface area contributed by atoms with Gasteiger partial charge in [0.1, 0.15) is 5.82 Å². The first kappa shape index (κ1) is 10.7. The highest BCUT2D eigenvalue weighted by Gasteiger charge is 2.28. The number of aromatic nitrogens is 3. The molecule has 0 saturated heterocycles. The van der Waals surface area contributed by atoms with E-state index >= 15 is 0 Å². The number of nitrogens with two attached hydrogens (primary N) is 1. The molecule has 2 aromatic heterocycles. The van der Waals surface area contributed by atoms with E-state index in [9.17, 15) is 0 Å². The highest BCUT2D eigenvalue weighted by atomic mass is 14.9. The molecule has 1 aliphatic carbocycles. The molecule has 4 heteroatoms. The predicted molar refractivity (Wildman–Crippen MR) is 67.6 cm³/mol. The van der Waals surface area contributed by atoms with Gasteiger partial charge in [-0.15, -0.1) is 0 Å². The number of pyridine rings is 1. The molecule has 1 fully saturated rings. The first-order valence-electron chi connectivity index (χ1n) is 6.33. The van der Waals surface area contributed by atoms with E-state index in [2.05, 4.69) is 15.0 Å². The van der Waals surface area contributed by atoms with E-state index in [0.717, 1.165) is 36.1 Å². The fourth-order valence-electron chi connectivity index (χ4n) is 2.76. The van der Waals surface area contributed by atoms with Gasteiger partial charge in [0.2, 0.25) is 0 Å². The summed E-state index contributed by atoms with van der Waals surface area (Å²) < 4.78 is 0. The van der Waals surface area contributed by atoms with Gasteiger partial charge in [-0.1, -0.05) is 19.3 Å². The van der Waals surface area contributed by atoms with E-state index in [-0.39, 0.29) is 5.54 Å². The number of imidazole rings is 1. The molecule has 2 heterocycles. The van der Waals surface area contributed by atoms with Crippen molar-refractivity contribution >= 4 is 11.0 Å². The lowest BCUT2D eigenvalue weighted by Gasteiger charge is -2.32. The smallest absolute Gasteiger partial charge is 0.109 e. The van der Waals surface area contributed by atoms with Crippen LogP contribution in [-0.4, -0.2) is 20.5 Å². The van der Waals surface area contributed by atoms with Gasteiger partial charge >= 0.3 is 0 Å². The topological polar surface area (TPSA) is 67.6 Å². The molecule has 4 nitrogen and oxygen atoms in total. The lowest BCUT2D eigenvalue weighted by Crippen LogP contribution is -2.44. The van der Waals surface area contributed by atoms with Crippen molar-refractivity contribution in [2.24, 2.45) is 5.73 Å². The molecule has 0 spiro atoms. The lowest BCUT2D eigenvalue weighted by molar-refractivity contribution is 0.290. The normalized spacial score (nSPS) is 19.6. The van der Waals surface area contributed by atoms with Gasteiger partial charge in [-0.25, -0.2) is 4.98 Å². The first-order valence-corrected chi connectivity index (χ1v) is 6.33. The van der Waals surface area contributed by atoms with Crippen molar-refractivity contribution in [3.05, 3.63) is 24.3 Å². The molecule has 17 heavy (non-hydrogen) atoms. The SMILES string of the molecule is NC1(Cc2nc3ccncc3[nH]2)CCCCC1. The Kier molecular flexibility index (Phi) is 2.59. The van der Waals surface area contributed by atoms with Crippen LogP contribution in [0.15, 0.2) is 18.5 Å². The predicted octanol–water partition coefficient (Wildman–Crippen LogP) is 2.16. The summed E-state index contributed by atoms with van der Waals surface area (Å²) in [6.07, 6.45) is 10.5. The second-order valence-corrected chi connectivity index (χ2v) is 5.18. The second-order valence-electron chi connectivity index (χ2n) is 5.18. The van der Waals surface area contributed by atoms with Crippen LogP contribution in [-0.2, 0) is 6.42 Å². The number of hydrogen-bond donors (Lipinski definition) is 2. The number of H-pyrrole nitrogens is 1. The first-order chi connectivity index (χ1) is 8.25. The van der Waals surface area contributed by atoms with E-state index < -0.39 is 0 Å². The van der Waals surface area contributed by atoms with Gasteiger partial charge in [0.25, 0.3) is 0 Å². The molecule has 0 atom stereocenters. The van der Waals surface area contributed by atoms with Crippen LogP contribution in [0.3, 0.4) is 0 Å². The van der Waals surface area contributed by atoms with Crippen LogP contribution in [0.5, 0.6) is 0 Å². The zero-order valence-corrected chi connectivity index (χ0v) is 9.95. The number of nitrogens with zero attached hydrogens (tertiary/aromatic N) is 2. The van der Waals surface area contributed by atoms with Crippen LogP contribution in [0.2, 0.25) is 0 Å². The quantitative estimate of drug-likeness (QED) is 0.830. The number of nitrogens with one attached hydrogen (secondary N) is 1. The van der Waals surface area contributed by atoms with Gasteiger partial charge in [0.05, 0.1) is 17.2 Å². The van der Waals surface area contributed by atoms with Gasteiger partial charge in [0.15, 0.2) is 0 Å². The third-order valence-corrected chi connectivity index (χ3v) is 3.70. The van der Waals surface area contributed by atoms with Crippen LogP contribution in [0.4, 0.5) is 0 Å². The average molecular weight is 230 g/mol. The monoisotopic (exact) mass is 230 g/mol. The van der Waals surface area contributed by atoms with Crippen molar-refractivity contribution in [3.8, 4) is 0 Å². The van der Waals surface area contributed by atoms with Crippen LogP contribution >= 0.6 is 0 Å². The third kappa shape index (κ3) is 2.17. The molecule has 3 N–H and O–H groups in total. The Balaban J connectivity index is 1.84. The maximum absolute atomic E-state index is 6.44. The van der Waals surface area contributed by atoms with E-state index in [1.54, 1.807) is 6.20 Å². The van der Waals surface area contributed by atoms with E-state index in [0.29, 0.717) is 0 Å². The number of hydrogen-bond acceptors (Lipinski definition) is 3. The molecule has 0 amide bonds. The summed E-state index contributed by atoms with van der Waals surface area (Å²) in [6, 6.07) is 1.93. The van der Waals surface area contributed by atoms with Gasteiger partial charge in [0, 0.05) is 18.2 Å². The highest BCUT2D eigenvalue weighted by Crippen LogP contribution is 2.28. The largest absolute Gasteiger partial charge is 0.341 e. The van der Waals surface area contributed by atoms with E-state index in [1.165, 1.54) is 19.3 Å². The molecule has 0 radical (unpaired) electrons. The Bertz CT molecular complexity index is 478. The van der Waals surface area contributed by atoms with Crippen LogP contribution < -0.4 is 5.73 Å². The molecule has 0 unspecified atom stereocenters.